The number of hydrogen-bond donors (Lipinski definition) is 0. The van der Waals surface area contributed by atoms with Crippen LogP contribution < -0.4 is 0 Å². The number of hydrogen-bond acceptors (Lipinski definition) is 2. The molecule has 4 heteroatoms. The summed E-state index contributed by atoms with van der Waals surface area (Å²) in [5, 5.41) is -0.322. The number of rotatable bonds is 3. The Morgan fingerprint density at radius 2 is 1.88 bits per heavy atom. The lowest BCUT2D eigenvalue weighted by molar-refractivity contribution is 0.465. The summed E-state index contributed by atoms with van der Waals surface area (Å²) in [7, 11) is -3.08. The normalized spacial score (nSPS) is 22.2. The lowest BCUT2D eigenvalue weighted by Gasteiger charge is -2.19. The fourth-order valence-corrected chi connectivity index (χ4v) is 3.60. The summed E-state index contributed by atoms with van der Waals surface area (Å²) in [5.74, 6) is 0.352. The van der Waals surface area contributed by atoms with E-state index in [2.05, 4.69) is 12.1 Å². The van der Waals surface area contributed by atoms with Crippen LogP contribution in [0.2, 0.25) is 0 Å². The molecule has 0 bridgehead atoms. The summed E-state index contributed by atoms with van der Waals surface area (Å²) in [6, 6.07) is 10.2. The number of benzene rings is 1. The zero-order valence-corrected chi connectivity index (χ0v) is 11.2. The second-order valence-electron chi connectivity index (χ2n) is 4.85. The van der Waals surface area contributed by atoms with Crippen molar-refractivity contribution in [3.05, 3.63) is 35.9 Å². The molecule has 0 aromatic heterocycles. The molecule has 1 aliphatic heterocycles. The van der Waals surface area contributed by atoms with Gasteiger partial charge in [0.05, 0.1) is 5.25 Å². The third kappa shape index (κ3) is 2.53. The quantitative estimate of drug-likeness (QED) is 0.828. The number of nitrogens with zero attached hydrogens (tertiary/aromatic N) is 1. The average molecular weight is 253 g/mol. The van der Waals surface area contributed by atoms with Crippen LogP contribution in [0.1, 0.15) is 31.7 Å². The average Bonchev–Trinajstić information content (AvgIpc) is 2.80. The third-order valence-electron chi connectivity index (χ3n) is 3.38. The Hall–Kier alpha value is -0.870. The lowest BCUT2D eigenvalue weighted by atomic mass is 9.99. The van der Waals surface area contributed by atoms with Gasteiger partial charge in [-0.05, 0) is 31.7 Å². The first-order chi connectivity index (χ1) is 8.01. The summed E-state index contributed by atoms with van der Waals surface area (Å²) in [6.07, 6.45) is 0.927. The van der Waals surface area contributed by atoms with Crippen LogP contribution in [0.3, 0.4) is 0 Å². The van der Waals surface area contributed by atoms with E-state index in [0.717, 1.165) is 6.42 Å². The molecule has 0 unspecified atom stereocenters. The van der Waals surface area contributed by atoms with E-state index in [1.807, 2.05) is 18.2 Å². The minimum absolute atomic E-state index is 0.322. The van der Waals surface area contributed by atoms with Gasteiger partial charge in [-0.1, -0.05) is 30.3 Å². The first-order valence-electron chi connectivity index (χ1n) is 6.05. The summed E-state index contributed by atoms with van der Waals surface area (Å²) in [5.41, 5.74) is 1.24. The molecular formula is C13H19NO2S. The van der Waals surface area contributed by atoms with Crippen molar-refractivity contribution in [2.24, 2.45) is 0 Å². The van der Waals surface area contributed by atoms with Crippen molar-refractivity contribution in [2.75, 3.05) is 13.1 Å². The maximum Gasteiger partial charge on any atom is 0.216 e. The van der Waals surface area contributed by atoms with Gasteiger partial charge < -0.3 is 0 Å². The maximum absolute atomic E-state index is 12.0. The molecule has 1 atom stereocenters. The van der Waals surface area contributed by atoms with Crippen LogP contribution in [0, 0.1) is 0 Å². The maximum atomic E-state index is 12.0. The minimum Gasteiger partial charge on any atom is -0.212 e. The van der Waals surface area contributed by atoms with Crippen LogP contribution in [0.25, 0.3) is 0 Å². The van der Waals surface area contributed by atoms with E-state index < -0.39 is 10.0 Å². The Morgan fingerprint density at radius 3 is 2.47 bits per heavy atom. The molecule has 1 fully saturated rings. The first-order valence-corrected chi connectivity index (χ1v) is 7.56. The topological polar surface area (TPSA) is 37.4 Å². The Kier molecular flexibility index (Phi) is 3.54. The Balaban J connectivity index is 2.11. The van der Waals surface area contributed by atoms with Crippen molar-refractivity contribution >= 4 is 10.0 Å². The third-order valence-corrected chi connectivity index (χ3v) is 5.62. The highest BCUT2D eigenvalue weighted by atomic mass is 32.2. The molecule has 0 amide bonds. The van der Waals surface area contributed by atoms with Crippen LogP contribution in [0.5, 0.6) is 0 Å². The van der Waals surface area contributed by atoms with Crippen LogP contribution in [-0.2, 0) is 10.0 Å². The van der Waals surface area contributed by atoms with Gasteiger partial charge in [0.25, 0.3) is 0 Å². The van der Waals surface area contributed by atoms with E-state index in [1.165, 1.54) is 5.56 Å². The molecule has 1 heterocycles. The van der Waals surface area contributed by atoms with Crippen molar-refractivity contribution < 1.29 is 8.42 Å². The second kappa shape index (κ2) is 4.78. The van der Waals surface area contributed by atoms with E-state index >= 15 is 0 Å². The van der Waals surface area contributed by atoms with Crippen molar-refractivity contribution in [2.45, 2.75) is 31.4 Å². The highest BCUT2D eigenvalue weighted by Gasteiger charge is 2.33. The smallest absolute Gasteiger partial charge is 0.212 e. The first kappa shape index (κ1) is 12.6. The fraction of sp³-hybridized carbons (Fsp3) is 0.538. The molecule has 94 valence electrons. The molecule has 0 spiro atoms. The molecule has 1 aromatic carbocycles. The molecule has 0 N–H and O–H groups in total. The number of sulfonamides is 1. The van der Waals surface area contributed by atoms with Gasteiger partial charge in [-0.15, -0.1) is 0 Å². The molecule has 0 radical (unpaired) electrons. The van der Waals surface area contributed by atoms with Crippen LogP contribution >= 0.6 is 0 Å². The van der Waals surface area contributed by atoms with Crippen molar-refractivity contribution in [3.63, 3.8) is 0 Å². The Morgan fingerprint density at radius 1 is 1.24 bits per heavy atom. The standard InChI is InChI=1S/C13H19NO2S/c1-11(2)17(15,16)14-9-8-13(10-14)12-6-4-3-5-7-12/h3-7,11,13H,8-10H2,1-2H3/t13-/m0/s1. The van der Waals surface area contributed by atoms with Gasteiger partial charge in [0, 0.05) is 13.1 Å². The molecule has 1 aliphatic rings. The van der Waals surface area contributed by atoms with Gasteiger partial charge in [0.2, 0.25) is 10.0 Å². The SMILES string of the molecule is CC(C)S(=O)(=O)N1CC[C@H](c2ccccc2)C1. The predicted molar refractivity (Wildman–Crippen MR) is 69.4 cm³/mol. The van der Waals surface area contributed by atoms with Gasteiger partial charge in [0.1, 0.15) is 0 Å². The molecule has 1 aromatic rings. The van der Waals surface area contributed by atoms with E-state index in [1.54, 1.807) is 18.2 Å². The fourth-order valence-electron chi connectivity index (χ4n) is 2.25. The van der Waals surface area contributed by atoms with E-state index in [-0.39, 0.29) is 5.25 Å². The highest BCUT2D eigenvalue weighted by molar-refractivity contribution is 7.89. The van der Waals surface area contributed by atoms with E-state index in [0.29, 0.717) is 19.0 Å². The zero-order valence-electron chi connectivity index (χ0n) is 10.3. The highest BCUT2D eigenvalue weighted by Crippen LogP contribution is 2.29. The van der Waals surface area contributed by atoms with Crippen molar-refractivity contribution in [1.29, 1.82) is 0 Å². The molecular weight excluding hydrogens is 234 g/mol. The molecule has 17 heavy (non-hydrogen) atoms. The van der Waals surface area contributed by atoms with Gasteiger partial charge in [-0.25, -0.2) is 12.7 Å². The monoisotopic (exact) mass is 253 g/mol. The Bertz CT molecular complexity index is 467. The van der Waals surface area contributed by atoms with Crippen molar-refractivity contribution in [1.82, 2.24) is 4.31 Å². The molecule has 2 rings (SSSR count). The largest absolute Gasteiger partial charge is 0.216 e. The molecule has 0 saturated carbocycles. The van der Waals surface area contributed by atoms with Crippen LogP contribution in [0.15, 0.2) is 30.3 Å². The van der Waals surface area contributed by atoms with Crippen LogP contribution in [0.4, 0.5) is 0 Å². The summed E-state index contributed by atoms with van der Waals surface area (Å²) < 4.78 is 25.7. The zero-order chi connectivity index (χ0) is 12.5. The molecule has 1 saturated heterocycles. The lowest BCUT2D eigenvalue weighted by Crippen LogP contribution is -2.34. The molecule has 3 nitrogen and oxygen atoms in total. The molecule has 0 aliphatic carbocycles. The van der Waals surface area contributed by atoms with Gasteiger partial charge in [0.15, 0.2) is 0 Å². The minimum atomic E-state index is -3.08. The van der Waals surface area contributed by atoms with Gasteiger partial charge in [-0.2, -0.15) is 0 Å². The summed E-state index contributed by atoms with van der Waals surface area (Å²) >= 11 is 0. The van der Waals surface area contributed by atoms with Gasteiger partial charge >= 0.3 is 0 Å². The van der Waals surface area contributed by atoms with Gasteiger partial charge in [-0.3, -0.25) is 0 Å². The predicted octanol–water partition coefficient (Wildman–Crippen LogP) is 2.21. The van der Waals surface area contributed by atoms with E-state index in [9.17, 15) is 8.42 Å². The Labute approximate surface area is 104 Å². The summed E-state index contributed by atoms with van der Waals surface area (Å²) in [6.45, 7) is 4.76. The van der Waals surface area contributed by atoms with Crippen LogP contribution in [-0.4, -0.2) is 31.1 Å². The second-order valence-corrected chi connectivity index (χ2v) is 7.34. The summed E-state index contributed by atoms with van der Waals surface area (Å²) in [4.78, 5) is 0. The van der Waals surface area contributed by atoms with Crippen molar-refractivity contribution in [3.8, 4) is 0 Å². The van der Waals surface area contributed by atoms with E-state index in [4.69, 9.17) is 0 Å².